The van der Waals surface area contributed by atoms with Crippen LogP contribution in [0.5, 0.6) is 5.75 Å². The van der Waals surface area contributed by atoms with Crippen molar-refractivity contribution in [1.82, 2.24) is 9.55 Å². The highest BCUT2D eigenvalue weighted by atomic mass is 32.2. The Labute approximate surface area is 184 Å². The molecule has 1 N–H and O–H groups in total. The number of halogens is 2. The molecule has 0 saturated heterocycles. The van der Waals surface area contributed by atoms with Gasteiger partial charge in [0.1, 0.15) is 0 Å². The summed E-state index contributed by atoms with van der Waals surface area (Å²) in [6, 6.07) is 4.43. The highest BCUT2D eigenvalue weighted by molar-refractivity contribution is 7.91. The second-order valence-corrected chi connectivity index (χ2v) is 10.3. The first-order chi connectivity index (χ1) is 15.1. The number of sulfone groups is 1. The average molecular weight is 469 g/mol. The van der Waals surface area contributed by atoms with E-state index in [-0.39, 0.29) is 36.1 Å². The fraction of sp³-hybridized carbons (Fsp3) is 0.455. The minimum Gasteiger partial charge on any atom is -0.490 e. The Bertz CT molecular complexity index is 1200. The van der Waals surface area contributed by atoms with Gasteiger partial charge in [0.25, 0.3) is 5.56 Å². The second-order valence-electron chi connectivity index (χ2n) is 8.11. The van der Waals surface area contributed by atoms with Crippen molar-refractivity contribution in [3.8, 4) is 5.75 Å². The molecule has 1 fully saturated rings. The third kappa shape index (κ3) is 6.88. The molecule has 0 bridgehead atoms. The molecule has 0 unspecified atom stereocenters. The van der Waals surface area contributed by atoms with E-state index in [1.165, 1.54) is 12.1 Å². The van der Waals surface area contributed by atoms with Gasteiger partial charge in [0.2, 0.25) is 5.82 Å². The summed E-state index contributed by atoms with van der Waals surface area (Å²) in [5.74, 6) is -1.45. The van der Waals surface area contributed by atoms with Crippen LogP contribution in [0, 0.1) is 17.6 Å². The molecule has 7 nitrogen and oxygen atoms in total. The molecule has 0 spiro atoms. The van der Waals surface area contributed by atoms with E-state index in [2.05, 4.69) is 0 Å². The Morgan fingerprint density at radius 1 is 1.22 bits per heavy atom. The number of aromatic amines is 1. The first-order valence-corrected chi connectivity index (χ1v) is 12.2. The van der Waals surface area contributed by atoms with Crippen LogP contribution in [0.2, 0.25) is 0 Å². The van der Waals surface area contributed by atoms with Crippen molar-refractivity contribution in [2.75, 3.05) is 18.1 Å². The summed E-state index contributed by atoms with van der Waals surface area (Å²) in [6.45, 7) is 2.24. The van der Waals surface area contributed by atoms with Crippen molar-refractivity contribution in [2.45, 2.75) is 38.6 Å². The van der Waals surface area contributed by atoms with E-state index in [0.717, 1.165) is 23.6 Å². The number of ether oxygens (including phenoxy) is 1. The van der Waals surface area contributed by atoms with Crippen LogP contribution in [0.25, 0.3) is 0 Å². The molecule has 10 heteroatoms. The number of rotatable bonds is 11. The third-order valence-corrected chi connectivity index (χ3v) is 7.10. The molecule has 1 aromatic heterocycles. The quantitative estimate of drug-likeness (QED) is 0.512. The fourth-order valence-corrected chi connectivity index (χ4v) is 4.78. The Balaban J connectivity index is 1.51. The zero-order valence-corrected chi connectivity index (χ0v) is 18.5. The number of allylic oxidation sites excluding steroid dienone is 2. The summed E-state index contributed by atoms with van der Waals surface area (Å²) in [6.07, 6.45) is 6.30. The molecule has 2 aromatic rings. The normalized spacial score (nSPS) is 15.2. The van der Waals surface area contributed by atoms with Crippen LogP contribution in [-0.2, 0) is 16.4 Å². The number of nitrogens with one attached hydrogen (secondary N) is 1. The second kappa shape index (κ2) is 10.2. The van der Waals surface area contributed by atoms with Crippen LogP contribution in [0.15, 0.2) is 46.1 Å². The molecule has 1 atom stereocenters. The SMILES string of the molecule is C[C@@H](CS(=O)(=O)CC/C=C/Cn1cc(F)c(=O)[nH]c1=O)c1ccc(F)c(OCC2CC2)c1. The van der Waals surface area contributed by atoms with E-state index in [1.807, 2.05) is 4.98 Å². The monoisotopic (exact) mass is 468 g/mol. The Kier molecular flexibility index (Phi) is 7.65. The van der Waals surface area contributed by atoms with Gasteiger partial charge in [-0.05, 0) is 48.8 Å². The van der Waals surface area contributed by atoms with Crippen LogP contribution in [0.1, 0.15) is 37.7 Å². The molecule has 32 heavy (non-hydrogen) atoms. The largest absolute Gasteiger partial charge is 0.490 e. The van der Waals surface area contributed by atoms with E-state index in [1.54, 1.807) is 25.1 Å². The van der Waals surface area contributed by atoms with Crippen LogP contribution >= 0.6 is 0 Å². The lowest BCUT2D eigenvalue weighted by Crippen LogP contribution is -2.31. The van der Waals surface area contributed by atoms with E-state index < -0.39 is 32.7 Å². The maximum absolute atomic E-state index is 14.0. The minimum atomic E-state index is -3.40. The van der Waals surface area contributed by atoms with Gasteiger partial charge in [0.05, 0.1) is 24.3 Å². The summed E-state index contributed by atoms with van der Waals surface area (Å²) in [7, 11) is -3.40. The smallest absolute Gasteiger partial charge is 0.328 e. The molecule has 0 aliphatic heterocycles. The van der Waals surface area contributed by atoms with Crippen molar-refractivity contribution in [3.63, 3.8) is 0 Å². The van der Waals surface area contributed by atoms with Gasteiger partial charge < -0.3 is 4.74 Å². The Hall–Kier alpha value is -2.75. The van der Waals surface area contributed by atoms with E-state index >= 15 is 0 Å². The summed E-state index contributed by atoms with van der Waals surface area (Å²) in [5, 5.41) is 0. The lowest BCUT2D eigenvalue weighted by atomic mass is 10.0. The third-order valence-electron chi connectivity index (χ3n) is 5.23. The zero-order chi connectivity index (χ0) is 23.3. The number of aromatic nitrogens is 2. The molecule has 1 aliphatic carbocycles. The topological polar surface area (TPSA) is 98.2 Å². The molecule has 1 saturated carbocycles. The van der Waals surface area contributed by atoms with E-state index in [0.29, 0.717) is 18.1 Å². The molecular weight excluding hydrogens is 442 g/mol. The lowest BCUT2D eigenvalue weighted by Gasteiger charge is -2.14. The van der Waals surface area contributed by atoms with Gasteiger partial charge >= 0.3 is 5.69 Å². The van der Waals surface area contributed by atoms with Crippen LogP contribution in [-0.4, -0.2) is 36.1 Å². The van der Waals surface area contributed by atoms with E-state index in [9.17, 15) is 26.8 Å². The highest BCUT2D eigenvalue weighted by Crippen LogP contribution is 2.31. The van der Waals surface area contributed by atoms with Gasteiger partial charge in [-0.1, -0.05) is 25.1 Å². The van der Waals surface area contributed by atoms with Gasteiger partial charge in [-0.2, -0.15) is 4.39 Å². The predicted molar refractivity (Wildman–Crippen MR) is 117 cm³/mol. The summed E-state index contributed by atoms with van der Waals surface area (Å²) in [4.78, 5) is 24.4. The van der Waals surface area contributed by atoms with Gasteiger partial charge in [-0.25, -0.2) is 17.6 Å². The van der Waals surface area contributed by atoms with Crippen LogP contribution in [0.4, 0.5) is 8.78 Å². The highest BCUT2D eigenvalue weighted by Gasteiger charge is 2.23. The van der Waals surface area contributed by atoms with Crippen LogP contribution < -0.4 is 16.0 Å². The maximum atomic E-state index is 14.0. The Morgan fingerprint density at radius 3 is 2.69 bits per heavy atom. The first-order valence-electron chi connectivity index (χ1n) is 10.4. The summed E-state index contributed by atoms with van der Waals surface area (Å²) < 4.78 is 58.7. The van der Waals surface area contributed by atoms with Crippen LogP contribution in [0.3, 0.4) is 0 Å². The predicted octanol–water partition coefficient (Wildman–Crippen LogP) is 2.77. The molecule has 0 amide bonds. The van der Waals surface area contributed by atoms with Crippen molar-refractivity contribution < 1.29 is 21.9 Å². The van der Waals surface area contributed by atoms with Gasteiger partial charge in [-0.15, -0.1) is 0 Å². The number of hydrogen-bond donors (Lipinski definition) is 1. The van der Waals surface area contributed by atoms with Gasteiger partial charge in [0.15, 0.2) is 21.4 Å². The number of benzene rings is 1. The first kappa shape index (κ1) is 23.9. The standard InChI is InChI=1S/C22H26F2N2O5S/c1-15(17-7-8-18(23)20(11-17)31-13-16-5-6-16)14-32(29,30)10-4-2-3-9-26-12-19(24)21(27)25-22(26)28/h2-3,7-8,11-12,15-16H,4-6,9-10,13-14H2,1H3,(H,25,27,28)/b3-2+/t15-/m0/s1. The molecule has 0 radical (unpaired) electrons. The molecule has 1 aliphatic rings. The molecular formula is C22H26F2N2O5S. The van der Waals surface area contributed by atoms with Crippen molar-refractivity contribution in [1.29, 1.82) is 0 Å². The van der Waals surface area contributed by atoms with Crippen molar-refractivity contribution in [3.05, 3.63) is 74.6 Å². The number of hydrogen-bond acceptors (Lipinski definition) is 5. The lowest BCUT2D eigenvalue weighted by molar-refractivity contribution is 0.285. The van der Waals surface area contributed by atoms with Gasteiger partial charge in [-0.3, -0.25) is 14.3 Å². The minimum absolute atomic E-state index is 0.00218. The Morgan fingerprint density at radius 2 is 1.97 bits per heavy atom. The molecule has 1 heterocycles. The maximum Gasteiger partial charge on any atom is 0.328 e. The fourth-order valence-electron chi connectivity index (χ4n) is 3.16. The van der Waals surface area contributed by atoms with Crippen molar-refractivity contribution in [2.24, 2.45) is 5.92 Å². The summed E-state index contributed by atoms with van der Waals surface area (Å²) in [5.41, 5.74) is -1.14. The average Bonchev–Trinajstić information content (AvgIpc) is 3.54. The van der Waals surface area contributed by atoms with Gasteiger partial charge in [0, 0.05) is 6.54 Å². The molecule has 1 aromatic carbocycles. The molecule has 3 rings (SSSR count). The summed E-state index contributed by atoms with van der Waals surface area (Å²) >= 11 is 0. The molecule has 174 valence electrons. The van der Waals surface area contributed by atoms with E-state index in [4.69, 9.17) is 4.74 Å². The zero-order valence-electron chi connectivity index (χ0n) is 17.7. The van der Waals surface area contributed by atoms with Crippen molar-refractivity contribution >= 4 is 9.84 Å². The number of H-pyrrole nitrogens is 1. The number of nitrogens with zero attached hydrogens (tertiary/aromatic N) is 1.